The Morgan fingerprint density at radius 1 is 1.16 bits per heavy atom. The molecule has 202 valence electrons. The number of methoxy groups -OCH3 is 1. The largest absolute Gasteiger partial charge is 0.494 e. The van der Waals surface area contributed by atoms with Crippen LogP contribution in [0.5, 0.6) is 5.75 Å². The highest BCUT2D eigenvalue weighted by Gasteiger charge is 2.26. The number of hydrogen-bond acceptors (Lipinski definition) is 5. The predicted octanol–water partition coefficient (Wildman–Crippen LogP) is 4.62. The van der Waals surface area contributed by atoms with Crippen molar-refractivity contribution in [3.05, 3.63) is 48.0 Å². The molecule has 4 aromatic rings. The van der Waals surface area contributed by atoms with Crippen LogP contribution in [0.15, 0.2) is 42.5 Å². The number of hydrogen-bond donors (Lipinski definition) is 1. The molecule has 0 aliphatic carbocycles. The van der Waals surface area contributed by atoms with Gasteiger partial charge in [0.2, 0.25) is 0 Å². The fourth-order valence-electron chi connectivity index (χ4n) is 5.98. The van der Waals surface area contributed by atoms with E-state index < -0.39 is 0 Å². The molecule has 2 aromatic carbocycles. The molecule has 6 rings (SSSR count). The van der Waals surface area contributed by atoms with Crippen LogP contribution in [0.3, 0.4) is 0 Å². The Morgan fingerprint density at radius 3 is 2.71 bits per heavy atom. The number of piperidine rings is 1. The van der Waals surface area contributed by atoms with E-state index in [1.807, 2.05) is 24.1 Å². The zero-order valence-corrected chi connectivity index (χ0v) is 22.9. The van der Waals surface area contributed by atoms with Crippen LogP contribution in [-0.2, 0) is 18.3 Å². The predicted molar refractivity (Wildman–Crippen MR) is 152 cm³/mol. The van der Waals surface area contributed by atoms with E-state index in [0.29, 0.717) is 23.8 Å². The number of aryl methyl sites for hydroxylation is 1. The molecule has 4 heterocycles. The Balaban J connectivity index is 0.00000294. The normalized spacial score (nSPS) is 18.6. The second kappa shape index (κ2) is 11.0. The number of nitrogens with two attached hydrogens (primary N) is 1. The molecule has 2 aromatic heterocycles. The summed E-state index contributed by atoms with van der Waals surface area (Å²) in [5.74, 6) is 2.06. The molecule has 8 nitrogen and oxygen atoms in total. The third-order valence-electron chi connectivity index (χ3n) is 7.97. The molecule has 0 unspecified atom stereocenters. The lowest BCUT2D eigenvalue weighted by atomic mass is 10.0. The highest BCUT2D eigenvalue weighted by molar-refractivity contribution is 6.00. The number of carbonyl (C=O) groups is 1. The van der Waals surface area contributed by atoms with Crippen molar-refractivity contribution in [3.8, 4) is 17.3 Å². The summed E-state index contributed by atoms with van der Waals surface area (Å²) >= 11 is 0. The first kappa shape index (κ1) is 26.5. The fourth-order valence-corrected chi connectivity index (χ4v) is 5.98. The number of aromatic nitrogens is 3. The van der Waals surface area contributed by atoms with Gasteiger partial charge in [-0.15, -0.1) is 12.4 Å². The lowest BCUT2D eigenvalue weighted by molar-refractivity contribution is 0.0617. The third kappa shape index (κ3) is 4.77. The van der Waals surface area contributed by atoms with Crippen molar-refractivity contribution in [2.24, 2.45) is 18.7 Å². The second-order valence-electron chi connectivity index (χ2n) is 10.4. The van der Waals surface area contributed by atoms with Gasteiger partial charge in [0, 0.05) is 62.4 Å². The van der Waals surface area contributed by atoms with Gasteiger partial charge in [0.15, 0.2) is 5.82 Å². The van der Waals surface area contributed by atoms with Crippen molar-refractivity contribution in [3.63, 3.8) is 0 Å². The van der Waals surface area contributed by atoms with Crippen molar-refractivity contribution in [2.45, 2.75) is 38.3 Å². The Morgan fingerprint density at radius 2 is 1.95 bits per heavy atom. The van der Waals surface area contributed by atoms with Crippen molar-refractivity contribution < 1.29 is 14.3 Å². The van der Waals surface area contributed by atoms with E-state index in [0.717, 1.165) is 74.5 Å². The maximum absolute atomic E-state index is 13.4. The van der Waals surface area contributed by atoms with Gasteiger partial charge in [-0.2, -0.15) is 0 Å². The average molecular weight is 538 g/mol. The molecule has 0 radical (unpaired) electrons. The van der Waals surface area contributed by atoms with Crippen molar-refractivity contribution in [2.75, 3.05) is 33.4 Å². The molecule has 0 spiro atoms. The first-order valence-electron chi connectivity index (χ1n) is 13.3. The minimum atomic E-state index is -0.0174. The number of rotatable bonds is 5. The Labute approximate surface area is 229 Å². The highest BCUT2D eigenvalue weighted by Crippen LogP contribution is 2.35. The van der Waals surface area contributed by atoms with E-state index in [2.05, 4.69) is 39.5 Å². The van der Waals surface area contributed by atoms with Crippen LogP contribution in [0, 0.1) is 5.92 Å². The molecule has 1 amide bonds. The quantitative estimate of drug-likeness (QED) is 0.401. The first-order chi connectivity index (χ1) is 18.0. The molecule has 0 saturated carbocycles. The van der Waals surface area contributed by atoms with Crippen LogP contribution in [0.4, 0.5) is 0 Å². The van der Waals surface area contributed by atoms with Gasteiger partial charge in [0.05, 0.1) is 18.3 Å². The van der Waals surface area contributed by atoms with E-state index in [1.165, 1.54) is 10.9 Å². The number of amides is 1. The number of imidazole rings is 1. The molecule has 2 N–H and O–H groups in total. The van der Waals surface area contributed by atoms with Gasteiger partial charge in [0.25, 0.3) is 5.91 Å². The summed E-state index contributed by atoms with van der Waals surface area (Å²) in [6.07, 6.45) is 4.01. The Kier molecular flexibility index (Phi) is 7.66. The van der Waals surface area contributed by atoms with Gasteiger partial charge in [-0.3, -0.25) is 4.79 Å². The van der Waals surface area contributed by atoms with Crippen LogP contribution < -0.4 is 10.5 Å². The SMILES string of the molecule is COc1cc(C(=O)N2CCC[C@@H](N)C2)cc2nc(-c3cc4ccccc4n3CC3CCOCC3)n(C)c12.Cl. The van der Waals surface area contributed by atoms with E-state index in [1.54, 1.807) is 7.11 Å². The summed E-state index contributed by atoms with van der Waals surface area (Å²) in [4.78, 5) is 20.3. The molecular weight excluding hydrogens is 502 g/mol. The molecular formula is C29H36ClN5O3. The van der Waals surface area contributed by atoms with Gasteiger partial charge in [-0.1, -0.05) is 18.2 Å². The van der Waals surface area contributed by atoms with E-state index in [9.17, 15) is 4.79 Å². The second-order valence-corrected chi connectivity index (χ2v) is 10.4. The lowest BCUT2D eigenvalue weighted by Crippen LogP contribution is -2.45. The zero-order valence-electron chi connectivity index (χ0n) is 22.1. The number of likely N-dealkylation sites (tertiary alicyclic amines) is 1. The Bertz CT molecular complexity index is 1460. The molecule has 38 heavy (non-hydrogen) atoms. The van der Waals surface area contributed by atoms with Crippen LogP contribution in [-0.4, -0.2) is 64.4 Å². The van der Waals surface area contributed by atoms with Crippen LogP contribution in [0.1, 0.15) is 36.0 Å². The molecule has 2 aliphatic rings. The number of benzene rings is 2. The lowest BCUT2D eigenvalue weighted by Gasteiger charge is -2.30. The molecule has 2 saturated heterocycles. The Hall–Kier alpha value is -3.07. The average Bonchev–Trinajstić information content (AvgIpc) is 3.45. The fraction of sp³-hybridized carbons (Fsp3) is 0.448. The maximum atomic E-state index is 13.4. The molecule has 9 heteroatoms. The zero-order chi connectivity index (χ0) is 25.5. The van der Waals surface area contributed by atoms with Gasteiger partial charge in [-0.05, 0) is 55.9 Å². The van der Waals surface area contributed by atoms with Crippen LogP contribution in [0.25, 0.3) is 33.5 Å². The van der Waals surface area contributed by atoms with Gasteiger partial charge < -0.3 is 29.2 Å². The minimum absolute atomic E-state index is 0. The van der Waals surface area contributed by atoms with Gasteiger partial charge in [0.1, 0.15) is 11.3 Å². The summed E-state index contributed by atoms with van der Waals surface area (Å²) in [6, 6.07) is 14.5. The smallest absolute Gasteiger partial charge is 0.254 e. The number of fused-ring (bicyclic) bond motifs is 2. The number of para-hydroxylation sites is 1. The minimum Gasteiger partial charge on any atom is -0.494 e. The number of carbonyl (C=O) groups excluding carboxylic acids is 1. The van der Waals surface area contributed by atoms with E-state index in [4.69, 9.17) is 20.2 Å². The molecule has 0 bridgehead atoms. The monoisotopic (exact) mass is 537 g/mol. The van der Waals surface area contributed by atoms with Crippen LogP contribution >= 0.6 is 12.4 Å². The maximum Gasteiger partial charge on any atom is 0.254 e. The molecule has 2 aliphatic heterocycles. The van der Waals surface area contributed by atoms with Gasteiger partial charge in [-0.25, -0.2) is 4.98 Å². The standard InChI is InChI=1S/C29H35N5O3.ClH/c1-32-27-23(14-21(16-26(27)36-2)29(35)33-11-5-7-22(30)18-33)31-28(32)25-15-20-6-3-4-8-24(20)34(25)17-19-9-12-37-13-10-19;/h3-4,6,8,14-16,19,22H,5,7,9-13,17-18,30H2,1-2H3;1H/t22-;/m1./s1. The topological polar surface area (TPSA) is 87.5 Å². The van der Waals surface area contributed by atoms with E-state index in [-0.39, 0.29) is 24.4 Å². The summed E-state index contributed by atoms with van der Waals surface area (Å²) in [6.45, 7) is 3.87. The summed E-state index contributed by atoms with van der Waals surface area (Å²) in [5.41, 5.74) is 10.7. The van der Waals surface area contributed by atoms with Crippen molar-refractivity contribution in [1.82, 2.24) is 19.0 Å². The number of ether oxygens (including phenoxy) is 2. The summed E-state index contributed by atoms with van der Waals surface area (Å²) in [7, 11) is 3.67. The summed E-state index contributed by atoms with van der Waals surface area (Å²) in [5, 5.41) is 1.20. The molecule has 1 atom stereocenters. The third-order valence-corrected chi connectivity index (χ3v) is 7.97. The van der Waals surface area contributed by atoms with Crippen LogP contribution in [0.2, 0.25) is 0 Å². The van der Waals surface area contributed by atoms with Gasteiger partial charge >= 0.3 is 0 Å². The van der Waals surface area contributed by atoms with Crippen molar-refractivity contribution in [1.29, 1.82) is 0 Å². The highest BCUT2D eigenvalue weighted by atomic mass is 35.5. The van der Waals surface area contributed by atoms with Crippen molar-refractivity contribution >= 4 is 40.3 Å². The number of nitrogens with zero attached hydrogens (tertiary/aromatic N) is 4. The number of halogens is 1. The first-order valence-corrected chi connectivity index (χ1v) is 13.3. The summed E-state index contributed by atoms with van der Waals surface area (Å²) < 4.78 is 15.9. The molecule has 2 fully saturated rings. The van der Waals surface area contributed by atoms with E-state index >= 15 is 0 Å².